The Morgan fingerprint density at radius 2 is 1.53 bits per heavy atom. The molecule has 5 rings (SSSR count). The molecular formula is C26H19F3N4O. The predicted molar refractivity (Wildman–Crippen MR) is 123 cm³/mol. The van der Waals surface area contributed by atoms with Crippen LogP contribution in [0.2, 0.25) is 0 Å². The minimum atomic E-state index is -4.42. The van der Waals surface area contributed by atoms with Gasteiger partial charge in [0.15, 0.2) is 5.65 Å². The van der Waals surface area contributed by atoms with Gasteiger partial charge in [0.2, 0.25) is 0 Å². The first-order valence-corrected chi connectivity index (χ1v) is 10.6. The number of halogens is 3. The lowest BCUT2D eigenvalue weighted by atomic mass is 9.99. The summed E-state index contributed by atoms with van der Waals surface area (Å²) < 4.78 is 41.2. The van der Waals surface area contributed by atoms with Gasteiger partial charge < -0.3 is 0 Å². The van der Waals surface area contributed by atoms with Crippen LogP contribution >= 0.6 is 0 Å². The van der Waals surface area contributed by atoms with Crippen molar-refractivity contribution in [2.75, 3.05) is 0 Å². The number of aryl methyl sites for hydroxylation is 1. The average molecular weight is 460 g/mol. The van der Waals surface area contributed by atoms with E-state index in [4.69, 9.17) is 0 Å². The number of nitrogens with zero attached hydrogens (tertiary/aromatic N) is 4. The first-order valence-electron chi connectivity index (χ1n) is 10.6. The molecule has 0 atom stereocenters. The quantitative estimate of drug-likeness (QED) is 0.351. The summed E-state index contributed by atoms with van der Waals surface area (Å²) in [6, 6.07) is 22.2. The molecular weight excluding hydrogens is 441 g/mol. The number of hydrogen-bond donors (Lipinski definition) is 0. The van der Waals surface area contributed by atoms with E-state index >= 15 is 0 Å². The van der Waals surface area contributed by atoms with Crippen LogP contribution in [0.4, 0.5) is 13.2 Å². The van der Waals surface area contributed by atoms with Crippen LogP contribution in [0.15, 0.2) is 90.0 Å². The minimum Gasteiger partial charge on any atom is -0.246 e. The molecule has 0 bridgehead atoms. The third-order valence-electron chi connectivity index (χ3n) is 5.63. The number of fused-ring (bicyclic) bond motifs is 1. The van der Waals surface area contributed by atoms with E-state index in [1.54, 1.807) is 0 Å². The third kappa shape index (κ3) is 3.98. The average Bonchev–Trinajstić information content (AvgIpc) is 3.14. The van der Waals surface area contributed by atoms with Gasteiger partial charge in [0.25, 0.3) is 0 Å². The van der Waals surface area contributed by atoms with Gasteiger partial charge >= 0.3 is 11.9 Å². The first kappa shape index (κ1) is 21.6. The molecule has 0 saturated carbocycles. The van der Waals surface area contributed by atoms with Gasteiger partial charge in [-0.05, 0) is 30.2 Å². The maximum absolute atomic E-state index is 13.1. The van der Waals surface area contributed by atoms with E-state index in [-0.39, 0.29) is 6.54 Å². The van der Waals surface area contributed by atoms with Crippen molar-refractivity contribution in [3.8, 4) is 22.4 Å². The SMILES string of the molecule is Cc1ccc(-c2ncn3c(=O)n(Cc4ccc(C(F)(F)F)cc4)nc3c2-c2ccccc2)cc1. The lowest BCUT2D eigenvalue weighted by Gasteiger charge is -2.10. The van der Waals surface area contributed by atoms with Crippen LogP contribution in [0, 0.1) is 6.92 Å². The molecule has 2 heterocycles. The van der Waals surface area contributed by atoms with Crippen LogP contribution in [0.3, 0.4) is 0 Å². The second kappa shape index (κ2) is 8.30. The second-order valence-electron chi connectivity index (χ2n) is 8.03. The molecule has 5 nitrogen and oxygen atoms in total. The zero-order valence-electron chi connectivity index (χ0n) is 18.1. The molecule has 0 N–H and O–H groups in total. The van der Waals surface area contributed by atoms with Gasteiger partial charge in [-0.2, -0.15) is 13.2 Å². The Kier molecular flexibility index (Phi) is 5.28. The van der Waals surface area contributed by atoms with E-state index in [0.29, 0.717) is 22.5 Å². The topological polar surface area (TPSA) is 52.2 Å². The van der Waals surface area contributed by atoms with Crippen molar-refractivity contribution >= 4 is 5.65 Å². The maximum atomic E-state index is 13.1. The monoisotopic (exact) mass is 460 g/mol. The third-order valence-corrected chi connectivity index (χ3v) is 5.63. The fraction of sp³-hybridized carbons (Fsp3) is 0.115. The second-order valence-corrected chi connectivity index (χ2v) is 8.03. The van der Waals surface area contributed by atoms with Gasteiger partial charge in [-0.25, -0.2) is 18.9 Å². The van der Waals surface area contributed by atoms with Crippen molar-refractivity contribution in [2.45, 2.75) is 19.6 Å². The molecule has 0 unspecified atom stereocenters. The van der Waals surface area contributed by atoms with Crippen molar-refractivity contribution in [2.24, 2.45) is 0 Å². The molecule has 0 amide bonds. The molecule has 0 spiro atoms. The highest BCUT2D eigenvalue weighted by atomic mass is 19.4. The zero-order valence-corrected chi connectivity index (χ0v) is 18.1. The van der Waals surface area contributed by atoms with E-state index in [1.807, 2.05) is 61.5 Å². The van der Waals surface area contributed by atoms with Crippen LogP contribution in [0.5, 0.6) is 0 Å². The summed E-state index contributed by atoms with van der Waals surface area (Å²) in [7, 11) is 0. The number of rotatable bonds is 4. The first-order chi connectivity index (χ1) is 16.3. The normalized spacial score (nSPS) is 11.8. The minimum absolute atomic E-state index is 0.0345. The van der Waals surface area contributed by atoms with Crippen LogP contribution < -0.4 is 5.69 Å². The van der Waals surface area contributed by atoms with E-state index in [2.05, 4.69) is 10.1 Å². The Balaban J connectivity index is 1.65. The highest BCUT2D eigenvalue weighted by molar-refractivity contribution is 5.89. The highest BCUT2D eigenvalue weighted by Gasteiger charge is 2.30. The number of benzene rings is 3. The summed E-state index contributed by atoms with van der Waals surface area (Å²) in [5, 5.41) is 4.56. The Morgan fingerprint density at radius 1 is 0.853 bits per heavy atom. The van der Waals surface area contributed by atoms with Crippen LogP contribution in [0.1, 0.15) is 16.7 Å². The number of alkyl halides is 3. The molecule has 0 fully saturated rings. The molecule has 0 aliphatic rings. The molecule has 3 aromatic carbocycles. The van der Waals surface area contributed by atoms with E-state index in [9.17, 15) is 18.0 Å². The Labute approximate surface area is 192 Å². The molecule has 34 heavy (non-hydrogen) atoms. The van der Waals surface area contributed by atoms with Gasteiger partial charge in [-0.15, -0.1) is 5.10 Å². The molecule has 0 saturated heterocycles. The van der Waals surface area contributed by atoms with Gasteiger partial charge in [-0.3, -0.25) is 0 Å². The number of aromatic nitrogens is 4. The summed E-state index contributed by atoms with van der Waals surface area (Å²) in [5.74, 6) is 0. The lowest BCUT2D eigenvalue weighted by molar-refractivity contribution is -0.137. The lowest BCUT2D eigenvalue weighted by Crippen LogP contribution is -2.22. The molecule has 2 aromatic heterocycles. The Hall–Kier alpha value is -4.20. The van der Waals surface area contributed by atoms with E-state index in [1.165, 1.54) is 27.5 Å². The van der Waals surface area contributed by atoms with Crippen molar-refractivity contribution in [1.82, 2.24) is 19.2 Å². The smallest absolute Gasteiger partial charge is 0.246 e. The summed E-state index contributed by atoms with van der Waals surface area (Å²) in [6.45, 7) is 2.04. The maximum Gasteiger partial charge on any atom is 0.416 e. The Morgan fingerprint density at radius 3 is 2.18 bits per heavy atom. The van der Waals surface area contributed by atoms with E-state index in [0.717, 1.165) is 28.8 Å². The fourth-order valence-electron chi connectivity index (χ4n) is 3.86. The molecule has 0 aliphatic heterocycles. The summed E-state index contributed by atoms with van der Waals surface area (Å²) in [6.07, 6.45) is -2.98. The van der Waals surface area contributed by atoms with E-state index < -0.39 is 17.4 Å². The fourth-order valence-corrected chi connectivity index (χ4v) is 3.86. The van der Waals surface area contributed by atoms with Crippen molar-refractivity contribution in [1.29, 1.82) is 0 Å². The standard InChI is InChI=1S/C26H19F3N4O/c1-17-7-11-20(12-8-17)23-22(19-5-3-2-4-6-19)24-31-33(25(34)32(24)16-30-23)15-18-9-13-21(14-10-18)26(27,28)29/h2-14,16H,15H2,1H3. The van der Waals surface area contributed by atoms with Crippen molar-refractivity contribution < 1.29 is 13.2 Å². The van der Waals surface area contributed by atoms with Crippen LogP contribution in [-0.4, -0.2) is 19.2 Å². The summed E-state index contributed by atoms with van der Waals surface area (Å²) in [5.41, 5.74) is 4.04. The highest BCUT2D eigenvalue weighted by Crippen LogP contribution is 2.33. The van der Waals surface area contributed by atoms with Crippen molar-refractivity contribution in [3.05, 3.63) is 112 Å². The largest absolute Gasteiger partial charge is 0.416 e. The molecule has 8 heteroatoms. The molecule has 0 aliphatic carbocycles. The van der Waals surface area contributed by atoms with Gasteiger partial charge in [0.1, 0.15) is 6.33 Å². The summed E-state index contributed by atoms with van der Waals surface area (Å²) in [4.78, 5) is 17.7. The molecule has 5 aromatic rings. The molecule has 0 radical (unpaired) electrons. The van der Waals surface area contributed by atoms with Crippen molar-refractivity contribution in [3.63, 3.8) is 0 Å². The molecule has 170 valence electrons. The number of hydrogen-bond acceptors (Lipinski definition) is 3. The van der Waals surface area contributed by atoms with Gasteiger partial charge in [0, 0.05) is 5.56 Å². The zero-order chi connectivity index (χ0) is 23.9. The van der Waals surface area contributed by atoms with Gasteiger partial charge in [-0.1, -0.05) is 72.3 Å². The van der Waals surface area contributed by atoms with Gasteiger partial charge in [0.05, 0.1) is 23.4 Å². The van der Waals surface area contributed by atoms with Crippen LogP contribution in [-0.2, 0) is 12.7 Å². The predicted octanol–water partition coefficient (Wildman–Crippen LogP) is 5.60. The summed E-state index contributed by atoms with van der Waals surface area (Å²) >= 11 is 0. The van der Waals surface area contributed by atoms with Crippen LogP contribution in [0.25, 0.3) is 28.0 Å². The Bertz CT molecular complexity index is 1520.